The Bertz CT molecular complexity index is 1150. The molecule has 1 atom stereocenters. The predicted molar refractivity (Wildman–Crippen MR) is 106 cm³/mol. The van der Waals surface area contributed by atoms with Gasteiger partial charge in [-0.1, -0.05) is 11.6 Å². The van der Waals surface area contributed by atoms with Gasteiger partial charge in [0.2, 0.25) is 11.7 Å². The Balaban J connectivity index is 1.93. The molecule has 3 rings (SSSR count). The minimum atomic E-state index is -0.833. The van der Waals surface area contributed by atoms with E-state index in [-0.39, 0.29) is 33.2 Å². The zero-order valence-electron chi connectivity index (χ0n) is 16.6. The minimum Gasteiger partial charge on any atom is -0.329 e. The first-order valence-corrected chi connectivity index (χ1v) is 9.25. The average molecular weight is 451 g/mol. The number of tetrazole rings is 1. The summed E-state index contributed by atoms with van der Waals surface area (Å²) >= 11 is 6.00. The number of nitrogens with zero attached hydrogens (tertiary/aromatic N) is 5. The zero-order valence-corrected chi connectivity index (χ0v) is 17.3. The Kier molecular flexibility index (Phi) is 6.39. The van der Waals surface area contributed by atoms with Gasteiger partial charge in [0.15, 0.2) is 0 Å². The van der Waals surface area contributed by atoms with Gasteiger partial charge in [0.05, 0.1) is 24.3 Å². The SMILES string of the molecule is CC(=O)NNC(=O)N[C@H](C)c1ncc(-c2cc(Cl)cc(F)c2-c2nnn(C)n2)cc1F. The van der Waals surface area contributed by atoms with Crippen molar-refractivity contribution in [3.63, 3.8) is 0 Å². The van der Waals surface area contributed by atoms with Crippen molar-refractivity contribution in [3.05, 3.63) is 46.7 Å². The summed E-state index contributed by atoms with van der Waals surface area (Å²) in [7, 11) is 1.52. The molecular formula is C18H17ClF2N8O2. The first-order valence-electron chi connectivity index (χ1n) is 8.88. The smallest absolute Gasteiger partial charge is 0.329 e. The van der Waals surface area contributed by atoms with Gasteiger partial charge < -0.3 is 5.32 Å². The molecular weight excluding hydrogens is 434 g/mol. The number of carbonyl (C=O) groups is 2. The van der Waals surface area contributed by atoms with Gasteiger partial charge in [0.25, 0.3) is 0 Å². The van der Waals surface area contributed by atoms with Gasteiger partial charge in [0.1, 0.15) is 11.6 Å². The van der Waals surface area contributed by atoms with Crippen molar-refractivity contribution in [2.45, 2.75) is 19.9 Å². The third kappa shape index (κ3) is 5.09. The number of urea groups is 1. The highest BCUT2D eigenvalue weighted by atomic mass is 35.5. The molecule has 0 unspecified atom stereocenters. The first-order chi connectivity index (χ1) is 14.7. The van der Waals surface area contributed by atoms with Gasteiger partial charge in [-0.2, -0.15) is 4.80 Å². The molecule has 0 radical (unpaired) electrons. The molecule has 13 heteroatoms. The van der Waals surface area contributed by atoms with E-state index in [2.05, 4.69) is 36.6 Å². The van der Waals surface area contributed by atoms with Crippen LogP contribution in [0.3, 0.4) is 0 Å². The van der Waals surface area contributed by atoms with Gasteiger partial charge >= 0.3 is 6.03 Å². The highest BCUT2D eigenvalue weighted by molar-refractivity contribution is 6.31. The number of benzene rings is 1. The fourth-order valence-corrected chi connectivity index (χ4v) is 2.98. The monoisotopic (exact) mass is 450 g/mol. The molecule has 2 heterocycles. The summed E-state index contributed by atoms with van der Waals surface area (Å²) in [5, 5.41) is 14.0. The molecule has 162 valence electrons. The largest absolute Gasteiger partial charge is 0.334 e. The van der Waals surface area contributed by atoms with E-state index in [0.717, 1.165) is 16.9 Å². The fourth-order valence-electron chi connectivity index (χ4n) is 2.77. The molecule has 0 bridgehead atoms. The Morgan fingerprint density at radius 2 is 1.90 bits per heavy atom. The van der Waals surface area contributed by atoms with Gasteiger partial charge in [0, 0.05) is 23.7 Å². The van der Waals surface area contributed by atoms with Crippen LogP contribution in [0.4, 0.5) is 13.6 Å². The maximum atomic E-state index is 14.8. The molecule has 0 fully saturated rings. The number of hydrogen-bond donors (Lipinski definition) is 3. The van der Waals surface area contributed by atoms with Gasteiger partial charge in [-0.05, 0) is 35.9 Å². The molecule has 10 nitrogen and oxygen atoms in total. The first kappa shape index (κ1) is 22.0. The second kappa shape index (κ2) is 9.00. The lowest BCUT2D eigenvalue weighted by Gasteiger charge is -2.16. The van der Waals surface area contributed by atoms with Crippen LogP contribution < -0.4 is 16.2 Å². The number of amides is 3. The normalized spacial score (nSPS) is 11.7. The van der Waals surface area contributed by atoms with Crippen molar-refractivity contribution in [1.29, 1.82) is 0 Å². The summed E-state index contributed by atoms with van der Waals surface area (Å²) in [5.74, 6) is -1.92. The molecule has 31 heavy (non-hydrogen) atoms. The van der Waals surface area contributed by atoms with E-state index in [9.17, 15) is 18.4 Å². The fraction of sp³-hybridized carbons (Fsp3) is 0.222. The Morgan fingerprint density at radius 1 is 1.16 bits per heavy atom. The highest BCUT2D eigenvalue weighted by Gasteiger charge is 2.21. The quantitative estimate of drug-likeness (QED) is 0.523. The predicted octanol–water partition coefficient (Wildman–Crippen LogP) is 2.28. The molecule has 2 aromatic heterocycles. The topological polar surface area (TPSA) is 127 Å². The average Bonchev–Trinajstić information content (AvgIpc) is 3.11. The zero-order chi connectivity index (χ0) is 22.7. The number of pyridine rings is 1. The van der Waals surface area contributed by atoms with Crippen LogP contribution in [0, 0.1) is 11.6 Å². The molecule has 0 aliphatic carbocycles. The van der Waals surface area contributed by atoms with Crippen LogP contribution in [0.1, 0.15) is 25.6 Å². The van der Waals surface area contributed by atoms with Gasteiger partial charge in [-0.25, -0.2) is 19.0 Å². The number of aromatic nitrogens is 5. The Hall–Kier alpha value is -3.67. The summed E-state index contributed by atoms with van der Waals surface area (Å²) in [6, 6.07) is 2.08. The van der Waals surface area contributed by atoms with Crippen LogP contribution in [0.2, 0.25) is 5.02 Å². The lowest BCUT2D eigenvalue weighted by molar-refractivity contribution is -0.119. The molecule has 3 N–H and O–H groups in total. The number of aryl methyl sites for hydroxylation is 1. The number of halogens is 3. The van der Waals surface area contributed by atoms with Crippen molar-refractivity contribution in [1.82, 2.24) is 41.4 Å². The van der Waals surface area contributed by atoms with E-state index in [1.807, 2.05) is 0 Å². The van der Waals surface area contributed by atoms with Crippen LogP contribution in [-0.4, -0.2) is 37.1 Å². The Morgan fingerprint density at radius 3 is 2.52 bits per heavy atom. The molecule has 0 saturated heterocycles. The van der Waals surface area contributed by atoms with Crippen molar-refractivity contribution < 1.29 is 18.4 Å². The van der Waals surface area contributed by atoms with E-state index < -0.39 is 29.6 Å². The second-order valence-corrected chi connectivity index (χ2v) is 6.94. The molecule has 0 aliphatic heterocycles. The van der Waals surface area contributed by atoms with Crippen LogP contribution in [0.25, 0.3) is 22.5 Å². The summed E-state index contributed by atoms with van der Waals surface area (Å²) in [5.41, 5.74) is 4.57. The molecule has 3 aromatic rings. The lowest BCUT2D eigenvalue weighted by Crippen LogP contribution is -2.46. The van der Waals surface area contributed by atoms with Crippen LogP contribution in [0.15, 0.2) is 24.4 Å². The van der Waals surface area contributed by atoms with Crippen molar-refractivity contribution in [3.8, 4) is 22.5 Å². The van der Waals surface area contributed by atoms with Crippen molar-refractivity contribution in [2.75, 3.05) is 0 Å². The maximum Gasteiger partial charge on any atom is 0.334 e. The van der Waals surface area contributed by atoms with E-state index in [1.54, 1.807) is 0 Å². The third-order valence-electron chi connectivity index (χ3n) is 4.08. The number of carbonyl (C=O) groups excluding carboxylic acids is 2. The minimum absolute atomic E-state index is 0.000767. The number of hydrazine groups is 1. The summed E-state index contributed by atoms with van der Waals surface area (Å²) < 4.78 is 29.5. The van der Waals surface area contributed by atoms with Gasteiger partial charge in [-0.15, -0.1) is 10.2 Å². The van der Waals surface area contributed by atoms with E-state index in [4.69, 9.17) is 11.6 Å². The third-order valence-corrected chi connectivity index (χ3v) is 4.30. The highest BCUT2D eigenvalue weighted by Crippen LogP contribution is 2.35. The molecule has 0 aliphatic rings. The number of rotatable bonds is 4. The standard InChI is InChI=1S/C18H17ClF2N8O2/c1-8(23-18(31)26-24-9(2)30)16-14(21)4-10(7-22-16)12-5-11(19)6-13(20)15(12)17-25-28-29(3)27-17/h4-8H,1-3H3,(H,24,30)(H2,23,26,31)/t8-/m1/s1. The van der Waals surface area contributed by atoms with Crippen molar-refractivity contribution >= 4 is 23.5 Å². The summed E-state index contributed by atoms with van der Waals surface area (Å²) in [6.45, 7) is 2.72. The molecule has 3 amide bonds. The van der Waals surface area contributed by atoms with Gasteiger partial charge in [-0.3, -0.25) is 15.2 Å². The van der Waals surface area contributed by atoms with E-state index >= 15 is 0 Å². The van der Waals surface area contributed by atoms with E-state index in [0.29, 0.717) is 0 Å². The number of nitrogens with one attached hydrogen (secondary N) is 3. The van der Waals surface area contributed by atoms with Crippen LogP contribution >= 0.6 is 11.6 Å². The summed E-state index contributed by atoms with van der Waals surface area (Å²) in [4.78, 5) is 27.8. The van der Waals surface area contributed by atoms with Crippen LogP contribution in [0.5, 0.6) is 0 Å². The molecule has 0 saturated carbocycles. The van der Waals surface area contributed by atoms with Crippen LogP contribution in [-0.2, 0) is 11.8 Å². The summed E-state index contributed by atoms with van der Waals surface area (Å²) in [6.07, 6.45) is 1.31. The molecule has 0 spiro atoms. The van der Waals surface area contributed by atoms with E-state index in [1.165, 1.54) is 33.2 Å². The lowest BCUT2D eigenvalue weighted by atomic mass is 9.99. The second-order valence-electron chi connectivity index (χ2n) is 6.51. The molecule has 1 aromatic carbocycles. The maximum absolute atomic E-state index is 14.8. The van der Waals surface area contributed by atoms with Crippen molar-refractivity contribution in [2.24, 2.45) is 7.05 Å². The Labute approximate surface area is 180 Å². The number of hydrogen-bond acceptors (Lipinski definition) is 6.